The molecule has 9 rings (SSSR count). The molecule has 0 bridgehead atoms. The summed E-state index contributed by atoms with van der Waals surface area (Å²) in [5.41, 5.74) is 6.72. The Morgan fingerprint density at radius 2 is 1.36 bits per heavy atom. The minimum atomic E-state index is -0.621. The van der Waals surface area contributed by atoms with E-state index in [2.05, 4.69) is 122 Å². The van der Waals surface area contributed by atoms with Crippen LogP contribution in [0.15, 0.2) is 115 Å². The van der Waals surface area contributed by atoms with E-state index < -0.39 is 5.72 Å². The van der Waals surface area contributed by atoms with Crippen molar-refractivity contribution in [3.63, 3.8) is 0 Å². The molecule has 0 saturated carbocycles. The van der Waals surface area contributed by atoms with Crippen molar-refractivity contribution in [1.82, 2.24) is 0 Å². The van der Waals surface area contributed by atoms with E-state index in [0.717, 1.165) is 66.7 Å². The quantitative estimate of drug-likeness (QED) is 0.196. The highest BCUT2D eigenvalue weighted by Crippen LogP contribution is 2.55. The molecule has 0 aromatic heterocycles. The van der Waals surface area contributed by atoms with E-state index in [0.29, 0.717) is 12.3 Å². The number of benzene rings is 7. The van der Waals surface area contributed by atoms with E-state index in [9.17, 15) is 5.11 Å². The molecule has 7 aromatic carbocycles. The first-order chi connectivity index (χ1) is 24.2. The van der Waals surface area contributed by atoms with Crippen LogP contribution in [0, 0.1) is 0 Å². The van der Waals surface area contributed by atoms with E-state index in [4.69, 9.17) is 14.2 Å². The van der Waals surface area contributed by atoms with Crippen molar-refractivity contribution < 1.29 is 19.3 Å². The molecule has 0 radical (unpaired) electrons. The van der Waals surface area contributed by atoms with Crippen molar-refractivity contribution in [2.75, 3.05) is 38.0 Å². The van der Waals surface area contributed by atoms with Crippen LogP contribution in [0.5, 0.6) is 23.0 Å². The molecule has 0 fully saturated rings. The second kappa shape index (κ2) is 10.8. The summed E-state index contributed by atoms with van der Waals surface area (Å²) in [6.07, 6.45) is 0. The molecular weight excluding hydrogens is 620 g/mol. The molecule has 0 amide bonds. The first-order valence-electron chi connectivity index (χ1n) is 17.0. The van der Waals surface area contributed by atoms with Gasteiger partial charge in [0.1, 0.15) is 11.5 Å². The molecule has 0 aliphatic carbocycles. The lowest BCUT2D eigenvalue weighted by atomic mass is 9.76. The van der Waals surface area contributed by atoms with Crippen molar-refractivity contribution in [1.29, 1.82) is 0 Å². The predicted octanol–water partition coefficient (Wildman–Crippen LogP) is 10.1. The number of ether oxygens (including phenoxy) is 3. The van der Waals surface area contributed by atoms with E-state index in [1.165, 1.54) is 16.3 Å². The lowest BCUT2D eigenvalue weighted by Gasteiger charge is -2.49. The number of methoxy groups -OCH3 is 2. The molecule has 2 aliphatic rings. The Kier molecular flexibility index (Phi) is 6.53. The molecular formula is C44H38N2O4. The van der Waals surface area contributed by atoms with Crippen LogP contribution >= 0.6 is 0 Å². The monoisotopic (exact) mass is 658 g/mol. The van der Waals surface area contributed by atoms with Gasteiger partial charge in [0.25, 0.3) is 0 Å². The Hall–Kier alpha value is -5.88. The summed E-state index contributed by atoms with van der Waals surface area (Å²) in [4.78, 5) is 2.31. The Labute approximate surface area is 291 Å². The van der Waals surface area contributed by atoms with Crippen LogP contribution in [-0.4, -0.2) is 38.6 Å². The molecule has 2 N–H and O–H groups in total. The maximum Gasteiger partial charge on any atom is 0.209 e. The largest absolute Gasteiger partial charge is 0.504 e. The molecule has 0 saturated heterocycles. The van der Waals surface area contributed by atoms with Gasteiger partial charge in [-0.25, -0.2) is 0 Å². The number of anilines is 2. The molecule has 2 heterocycles. The molecule has 1 spiro atoms. The summed E-state index contributed by atoms with van der Waals surface area (Å²) >= 11 is 0. The van der Waals surface area contributed by atoms with Crippen LogP contribution in [0.4, 0.5) is 11.4 Å². The third-order valence-electron chi connectivity index (χ3n) is 11.2. The topological polar surface area (TPSA) is 63.2 Å². The van der Waals surface area contributed by atoms with Crippen molar-refractivity contribution >= 4 is 43.7 Å². The smallest absolute Gasteiger partial charge is 0.209 e. The summed E-state index contributed by atoms with van der Waals surface area (Å²) in [5, 5.41) is 20.7. The standard InChI is InChI=1S/C44H38N2O4/c1-43(2)36-21-29(16-18-37(36)46(3)44(43)25-45-42-30-13-7-6-10-26(30)17-19-39(42)50-44)35-20-27-11-8-14-31(33(27)23-40(35)48-4)32-15-9-12-28-22-38(47)41(49-5)24-34(28)32/h6-24,45,47H,25H2,1-5H3/t44-/m1/s1. The van der Waals surface area contributed by atoms with Gasteiger partial charge in [-0.3, -0.25) is 0 Å². The summed E-state index contributed by atoms with van der Waals surface area (Å²) < 4.78 is 18.7. The van der Waals surface area contributed by atoms with Crippen LogP contribution in [-0.2, 0) is 5.41 Å². The van der Waals surface area contributed by atoms with Gasteiger partial charge in [0, 0.05) is 23.7 Å². The van der Waals surface area contributed by atoms with Crippen LogP contribution < -0.4 is 24.4 Å². The average Bonchev–Trinajstić information content (AvgIpc) is 3.30. The number of aromatic hydroxyl groups is 1. The summed E-state index contributed by atoms with van der Waals surface area (Å²) in [6, 6.07) is 40.0. The maximum absolute atomic E-state index is 10.4. The number of hydrogen-bond acceptors (Lipinski definition) is 6. The van der Waals surface area contributed by atoms with Gasteiger partial charge in [-0.05, 0) is 105 Å². The normalized spacial score (nSPS) is 17.4. The molecule has 6 nitrogen and oxygen atoms in total. The number of hydrogen-bond donors (Lipinski definition) is 2. The number of rotatable bonds is 4. The first kappa shape index (κ1) is 30.2. The van der Waals surface area contributed by atoms with Crippen LogP contribution in [0.25, 0.3) is 54.6 Å². The van der Waals surface area contributed by atoms with Gasteiger partial charge in [0.05, 0.1) is 31.9 Å². The predicted molar refractivity (Wildman–Crippen MR) is 204 cm³/mol. The second-order valence-electron chi connectivity index (χ2n) is 13.9. The first-order valence-corrected chi connectivity index (χ1v) is 17.0. The third kappa shape index (κ3) is 4.14. The fourth-order valence-electron chi connectivity index (χ4n) is 8.43. The van der Waals surface area contributed by atoms with Gasteiger partial charge < -0.3 is 29.5 Å². The van der Waals surface area contributed by atoms with E-state index in [1.54, 1.807) is 20.3 Å². The number of fused-ring (bicyclic) bond motifs is 6. The van der Waals surface area contributed by atoms with Gasteiger partial charge in [0.15, 0.2) is 11.5 Å². The lowest BCUT2D eigenvalue weighted by Crippen LogP contribution is -2.64. The van der Waals surface area contributed by atoms with E-state index >= 15 is 0 Å². The Balaban J connectivity index is 1.14. The van der Waals surface area contributed by atoms with Gasteiger partial charge in [-0.1, -0.05) is 72.8 Å². The van der Waals surface area contributed by atoms with Crippen molar-refractivity contribution in [2.24, 2.45) is 0 Å². The highest BCUT2D eigenvalue weighted by atomic mass is 16.5. The summed E-state index contributed by atoms with van der Waals surface area (Å²) in [7, 11) is 5.45. The molecule has 7 aromatic rings. The molecule has 1 atom stereocenters. The maximum atomic E-state index is 10.4. The summed E-state index contributed by atoms with van der Waals surface area (Å²) in [5.74, 6) is 2.25. The van der Waals surface area contributed by atoms with Crippen LogP contribution in [0.1, 0.15) is 19.4 Å². The minimum Gasteiger partial charge on any atom is -0.504 e. The Morgan fingerprint density at radius 1 is 0.680 bits per heavy atom. The molecule has 50 heavy (non-hydrogen) atoms. The number of phenols is 1. The second-order valence-corrected chi connectivity index (χ2v) is 13.9. The number of likely N-dealkylation sites (N-methyl/N-ethyl adjacent to an activating group) is 1. The fraction of sp³-hybridized carbons (Fsp3) is 0.182. The van der Waals surface area contributed by atoms with Gasteiger partial charge in [-0.15, -0.1) is 0 Å². The van der Waals surface area contributed by atoms with Gasteiger partial charge >= 0.3 is 0 Å². The fourth-order valence-corrected chi connectivity index (χ4v) is 8.43. The molecule has 0 unspecified atom stereocenters. The number of nitrogens with one attached hydrogen (secondary N) is 1. The highest BCUT2D eigenvalue weighted by molar-refractivity contribution is 6.08. The van der Waals surface area contributed by atoms with Crippen molar-refractivity contribution in [2.45, 2.75) is 25.0 Å². The Bertz CT molecular complexity index is 2520. The van der Waals surface area contributed by atoms with E-state index in [-0.39, 0.29) is 11.2 Å². The van der Waals surface area contributed by atoms with Crippen molar-refractivity contribution in [3.05, 3.63) is 121 Å². The van der Waals surface area contributed by atoms with Crippen molar-refractivity contribution in [3.8, 4) is 45.3 Å². The lowest BCUT2D eigenvalue weighted by molar-refractivity contribution is 0.0201. The Morgan fingerprint density at radius 3 is 2.10 bits per heavy atom. The van der Waals surface area contributed by atoms with Crippen LogP contribution in [0.2, 0.25) is 0 Å². The molecule has 6 heteroatoms. The average molecular weight is 659 g/mol. The third-order valence-corrected chi connectivity index (χ3v) is 11.2. The van der Waals surface area contributed by atoms with Crippen LogP contribution in [0.3, 0.4) is 0 Å². The molecule has 2 aliphatic heterocycles. The SMILES string of the molecule is COc1cc2c(-c3cccc4cc(-c5ccc6c(c5)C(C)(C)[C@]5(CNc7c(ccc8ccccc78)O5)N6C)c(OC)cc34)cccc2cc1O. The zero-order valence-corrected chi connectivity index (χ0v) is 28.8. The number of nitrogens with zero attached hydrogens (tertiary/aromatic N) is 1. The zero-order valence-electron chi connectivity index (χ0n) is 28.8. The minimum absolute atomic E-state index is 0.126. The number of phenolic OH excluding ortho intramolecular Hbond substituents is 1. The van der Waals surface area contributed by atoms with Gasteiger partial charge in [-0.2, -0.15) is 0 Å². The molecule has 248 valence electrons. The summed E-state index contributed by atoms with van der Waals surface area (Å²) in [6.45, 7) is 5.22. The van der Waals surface area contributed by atoms with E-state index in [1.807, 2.05) is 18.2 Å². The highest BCUT2D eigenvalue weighted by Gasteiger charge is 2.59. The zero-order chi connectivity index (χ0) is 34.4. The van der Waals surface area contributed by atoms with Gasteiger partial charge in [0.2, 0.25) is 5.72 Å².